The molecule has 0 saturated carbocycles. The van der Waals surface area contributed by atoms with Gasteiger partial charge in [-0.2, -0.15) is 0 Å². The van der Waals surface area contributed by atoms with Crippen LogP contribution in [0.1, 0.15) is 66.8 Å². The minimum absolute atomic E-state index is 0.368. The number of anilines is 3. The average Bonchev–Trinajstić information content (AvgIpc) is 1.56. The van der Waals surface area contributed by atoms with E-state index in [4.69, 9.17) is 4.74 Å². The Kier molecular flexibility index (Phi) is 15.7. The third-order valence-electron chi connectivity index (χ3n) is 19.4. The molecule has 13 aromatic carbocycles. The van der Waals surface area contributed by atoms with Gasteiger partial charge in [-0.15, -0.1) is 0 Å². The lowest BCUT2D eigenvalue weighted by atomic mass is 9.69. The van der Waals surface area contributed by atoms with Crippen LogP contribution in [0.15, 0.2) is 316 Å². The number of ether oxygens (including phenoxy) is 1. The summed E-state index contributed by atoms with van der Waals surface area (Å²) in [4.78, 5) is 2.46. The Morgan fingerprint density at radius 3 is 1.50 bits per heavy atom. The largest absolute Gasteiger partial charge is 0.493 e. The first-order chi connectivity index (χ1) is 45.4. The fourth-order valence-corrected chi connectivity index (χ4v) is 14.4. The quantitative estimate of drug-likeness (QED) is 0.0708. The van der Waals surface area contributed by atoms with Crippen LogP contribution < -0.4 is 9.64 Å². The smallest absolute Gasteiger partial charge is 0.119 e. The second-order valence-electron chi connectivity index (χ2n) is 24.7. The molecule has 2 unspecified atom stereocenters. The SMILES string of the molecule is C=Cc1ccc(-c2ccc3cc(OCC(CC)CCCCC4(c5ccccc5)c5ccccc5-c5ccc(N(c6ccc(-c7ccccc7)cc6)c6ccc(-c7ccc8c(c7)c7cc(-c9ccc(C=C)cc9)ccc7n8-c7ccccc7)cc6)cc54)ccc3c2)cc1. The van der Waals surface area contributed by atoms with E-state index in [0.717, 1.165) is 77.3 Å². The number of benzene rings is 13. The summed E-state index contributed by atoms with van der Waals surface area (Å²) in [6.07, 6.45) is 9.08. The Bertz CT molecular complexity index is 4970. The Morgan fingerprint density at radius 2 is 0.891 bits per heavy atom. The topological polar surface area (TPSA) is 17.4 Å². The molecule has 0 amide bonds. The normalized spacial score (nSPS) is 13.6. The summed E-state index contributed by atoms with van der Waals surface area (Å²) in [6, 6.07) is 112. The maximum Gasteiger partial charge on any atom is 0.119 e. The first kappa shape index (κ1) is 57.4. The van der Waals surface area contributed by atoms with Gasteiger partial charge in [0, 0.05) is 38.9 Å². The number of para-hydroxylation sites is 1. The van der Waals surface area contributed by atoms with Gasteiger partial charge in [0.05, 0.1) is 17.6 Å². The van der Waals surface area contributed by atoms with Crippen LogP contribution >= 0.6 is 0 Å². The van der Waals surface area contributed by atoms with Gasteiger partial charge < -0.3 is 14.2 Å². The maximum atomic E-state index is 6.64. The molecule has 3 heteroatoms. The molecule has 0 aliphatic heterocycles. The Labute approximate surface area is 541 Å². The highest BCUT2D eigenvalue weighted by Crippen LogP contribution is 2.57. The molecule has 3 nitrogen and oxygen atoms in total. The zero-order chi connectivity index (χ0) is 62.0. The van der Waals surface area contributed by atoms with E-state index < -0.39 is 0 Å². The van der Waals surface area contributed by atoms with E-state index in [1.165, 1.54) is 99.3 Å². The van der Waals surface area contributed by atoms with Crippen molar-refractivity contribution in [1.82, 2.24) is 4.57 Å². The van der Waals surface area contributed by atoms with Crippen LogP contribution in [0, 0.1) is 5.92 Å². The van der Waals surface area contributed by atoms with Crippen LogP contribution in [0.25, 0.3) is 106 Å². The van der Waals surface area contributed by atoms with Crippen molar-refractivity contribution in [3.05, 3.63) is 344 Å². The van der Waals surface area contributed by atoms with Gasteiger partial charge in [0.1, 0.15) is 5.75 Å². The highest BCUT2D eigenvalue weighted by molar-refractivity contribution is 6.12. The summed E-state index contributed by atoms with van der Waals surface area (Å²) in [5.41, 5.74) is 24.9. The number of aromatic nitrogens is 1. The second-order valence-corrected chi connectivity index (χ2v) is 24.7. The predicted molar refractivity (Wildman–Crippen MR) is 391 cm³/mol. The zero-order valence-electron chi connectivity index (χ0n) is 52.1. The van der Waals surface area contributed by atoms with E-state index >= 15 is 0 Å². The molecule has 1 aliphatic carbocycles. The first-order valence-corrected chi connectivity index (χ1v) is 32.5. The molecule has 14 aromatic rings. The molecule has 0 spiro atoms. The van der Waals surface area contributed by atoms with Crippen LogP contribution in [0.3, 0.4) is 0 Å². The van der Waals surface area contributed by atoms with Crippen molar-refractivity contribution in [3.63, 3.8) is 0 Å². The van der Waals surface area contributed by atoms with Crippen molar-refractivity contribution >= 4 is 61.8 Å². The van der Waals surface area contributed by atoms with Crippen LogP contribution in [-0.4, -0.2) is 11.2 Å². The fourth-order valence-electron chi connectivity index (χ4n) is 14.4. The molecule has 444 valence electrons. The van der Waals surface area contributed by atoms with Crippen LogP contribution in [0.4, 0.5) is 17.1 Å². The van der Waals surface area contributed by atoms with E-state index in [1.54, 1.807) is 0 Å². The van der Waals surface area contributed by atoms with E-state index in [0.29, 0.717) is 12.5 Å². The maximum absolute atomic E-state index is 6.64. The molecule has 1 aromatic heterocycles. The number of hydrogen-bond donors (Lipinski definition) is 0. The summed E-state index contributed by atoms with van der Waals surface area (Å²) >= 11 is 0. The summed E-state index contributed by atoms with van der Waals surface area (Å²) in [5.74, 6) is 1.36. The summed E-state index contributed by atoms with van der Waals surface area (Å²) in [7, 11) is 0. The van der Waals surface area contributed by atoms with Crippen LogP contribution in [0.5, 0.6) is 5.75 Å². The van der Waals surface area contributed by atoms with Gasteiger partial charge in [-0.1, -0.05) is 264 Å². The summed E-state index contributed by atoms with van der Waals surface area (Å²) in [6.45, 7) is 10.9. The third-order valence-corrected chi connectivity index (χ3v) is 19.4. The molecule has 15 rings (SSSR count). The highest BCUT2D eigenvalue weighted by atomic mass is 16.5. The number of rotatable bonds is 20. The van der Waals surface area contributed by atoms with Crippen LogP contribution in [0.2, 0.25) is 0 Å². The lowest BCUT2D eigenvalue weighted by molar-refractivity contribution is 0.232. The minimum Gasteiger partial charge on any atom is -0.493 e. The lowest BCUT2D eigenvalue weighted by Gasteiger charge is -2.34. The van der Waals surface area contributed by atoms with Crippen molar-refractivity contribution in [3.8, 4) is 67.1 Å². The fraction of sp³-hybridized carbons (Fsp3) is 0.101. The molecular formula is C89H72N2O. The minimum atomic E-state index is -0.368. The molecule has 0 N–H and O–H groups in total. The first-order valence-electron chi connectivity index (χ1n) is 32.5. The summed E-state index contributed by atoms with van der Waals surface area (Å²) in [5, 5.41) is 4.83. The monoisotopic (exact) mass is 1180 g/mol. The Balaban J connectivity index is 0.749. The molecule has 1 aliphatic rings. The molecule has 1 heterocycles. The number of nitrogens with zero attached hydrogens (tertiary/aromatic N) is 2. The zero-order valence-corrected chi connectivity index (χ0v) is 52.1. The van der Waals surface area contributed by atoms with E-state index in [1.807, 2.05) is 12.2 Å². The van der Waals surface area contributed by atoms with Crippen molar-refractivity contribution in [2.75, 3.05) is 11.5 Å². The van der Waals surface area contributed by atoms with Crippen molar-refractivity contribution < 1.29 is 4.74 Å². The molecule has 0 fully saturated rings. The van der Waals surface area contributed by atoms with Gasteiger partial charge in [-0.05, 0) is 204 Å². The van der Waals surface area contributed by atoms with Gasteiger partial charge in [0.25, 0.3) is 0 Å². The lowest BCUT2D eigenvalue weighted by Crippen LogP contribution is -2.27. The average molecular weight is 1190 g/mol. The van der Waals surface area contributed by atoms with Gasteiger partial charge in [0.2, 0.25) is 0 Å². The van der Waals surface area contributed by atoms with Gasteiger partial charge in [0.15, 0.2) is 0 Å². The molecule has 92 heavy (non-hydrogen) atoms. The predicted octanol–water partition coefficient (Wildman–Crippen LogP) is 24.3. The highest BCUT2D eigenvalue weighted by Gasteiger charge is 2.44. The molecule has 0 saturated heterocycles. The third kappa shape index (κ3) is 10.9. The second kappa shape index (κ2) is 25.1. The molecule has 0 radical (unpaired) electrons. The van der Waals surface area contributed by atoms with Gasteiger partial charge in [-0.3, -0.25) is 0 Å². The number of unbranched alkanes of at least 4 members (excludes halogenated alkanes) is 1. The van der Waals surface area contributed by atoms with E-state index in [-0.39, 0.29) is 5.41 Å². The molecule has 0 bridgehead atoms. The molecular weight excluding hydrogens is 1110 g/mol. The van der Waals surface area contributed by atoms with Crippen molar-refractivity contribution in [1.29, 1.82) is 0 Å². The number of hydrogen-bond acceptors (Lipinski definition) is 2. The van der Waals surface area contributed by atoms with E-state index in [2.05, 4.69) is 333 Å². The summed E-state index contributed by atoms with van der Waals surface area (Å²) < 4.78 is 9.04. The van der Waals surface area contributed by atoms with Gasteiger partial charge >= 0.3 is 0 Å². The standard InChI is InChI=1S/C89H72N2O/c1-4-62-29-33-67(34-30-62)70-37-38-72-57-80(51-43-71(72)56-70)92-61-64(6-3)20-18-19-55-89(75-23-12-8-13-24-75)85-28-17-16-27-81(85)82-52-50-79(60-86(82)89)90(77-46-39-66(40-47-77)65-21-10-7-11-22-65)78-48-41-69(42-49-78)74-45-54-88-84(59-74)83-58-73(68-35-31-63(5-2)32-36-68)44-53-87(83)91(88)76-25-14-9-15-26-76/h4-5,7-17,21-54,56-60,64H,1-2,6,18-20,55,61H2,3H3. The van der Waals surface area contributed by atoms with Crippen LogP contribution in [-0.2, 0) is 5.41 Å². The molecule has 2 atom stereocenters. The Hall–Kier alpha value is -11.0. The Morgan fingerprint density at radius 1 is 0.413 bits per heavy atom. The van der Waals surface area contributed by atoms with Crippen molar-refractivity contribution in [2.45, 2.75) is 44.4 Å². The van der Waals surface area contributed by atoms with Gasteiger partial charge in [-0.25, -0.2) is 0 Å². The van der Waals surface area contributed by atoms with E-state index in [9.17, 15) is 0 Å². The van der Waals surface area contributed by atoms with Crippen molar-refractivity contribution in [2.24, 2.45) is 5.92 Å². The number of fused-ring (bicyclic) bond motifs is 7.